The molecule has 0 aliphatic carbocycles. The molecule has 1 amide bonds. The number of hydrogen-bond donors (Lipinski definition) is 2. The van der Waals surface area contributed by atoms with Crippen LogP contribution in [0.15, 0.2) is 18.2 Å². The Bertz CT molecular complexity index is 414. The van der Waals surface area contributed by atoms with Crippen molar-refractivity contribution in [1.82, 2.24) is 0 Å². The van der Waals surface area contributed by atoms with E-state index in [1.807, 2.05) is 0 Å². The van der Waals surface area contributed by atoms with Crippen LogP contribution in [0.4, 0.5) is 0 Å². The third kappa shape index (κ3) is 2.98. The molecule has 0 bridgehead atoms. The molecule has 1 aromatic carbocycles. The molecule has 0 aromatic heterocycles. The predicted octanol–water partition coefficient (Wildman–Crippen LogP) is 0.947. The van der Waals surface area contributed by atoms with Crippen LogP contribution < -0.4 is 10.5 Å². The number of rotatable bonds is 5. The quantitative estimate of drug-likeness (QED) is 0.777. The lowest BCUT2D eigenvalue weighted by Crippen LogP contribution is -2.15. The molecule has 0 radical (unpaired) electrons. The third-order valence-corrected chi connectivity index (χ3v) is 2.12. The zero-order valence-corrected chi connectivity index (χ0v) is 8.90. The van der Waals surface area contributed by atoms with Crippen LogP contribution >= 0.6 is 0 Å². The maximum Gasteiger partial charge on any atom is 0.336 e. The van der Waals surface area contributed by atoms with E-state index < -0.39 is 11.9 Å². The van der Waals surface area contributed by atoms with E-state index >= 15 is 0 Å². The Kier molecular flexibility index (Phi) is 3.88. The van der Waals surface area contributed by atoms with Gasteiger partial charge in [-0.15, -0.1) is 0 Å². The number of hydrogen-bond acceptors (Lipinski definition) is 3. The molecule has 0 saturated heterocycles. The Balaban J connectivity index is 2.77. The predicted molar refractivity (Wildman–Crippen MR) is 57.4 cm³/mol. The van der Waals surface area contributed by atoms with Crippen LogP contribution in [0.25, 0.3) is 0 Å². The third-order valence-electron chi connectivity index (χ3n) is 2.12. The molecule has 1 aromatic rings. The zero-order chi connectivity index (χ0) is 12.1. The van der Waals surface area contributed by atoms with Crippen molar-refractivity contribution in [1.29, 1.82) is 0 Å². The van der Waals surface area contributed by atoms with Gasteiger partial charge in [-0.1, -0.05) is 6.07 Å². The van der Waals surface area contributed by atoms with Gasteiger partial charge in [0.15, 0.2) is 0 Å². The van der Waals surface area contributed by atoms with Gasteiger partial charge < -0.3 is 15.6 Å². The van der Waals surface area contributed by atoms with Gasteiger partial charge in [0.1, 0.15) is 5.75 Å². The number of ether oxygens (including phenoxy) is 1. The summed E-state index contributed by atoms with van der Waals surface area (Å²) in [5.41, 5.74) is 5.69. The van der Waals surface area contributed by atoms with Crippen LogP contribution in [0.1, 0.15) is 22.3 Å². The van der Waals surface area contributed by atoms with Crippen molar-refractivity contribution >= 4 is 11.9 Å². The van der Waals surface area contributed by atoms with Crippen molar-refractivity contribution in [3.8, 4) is 5.75 Å². The monoisotopic (exact) mass is 223 g/mol. The molecular weight excluding hydrogens is 210 g/mol. The molecule has 0 aliphatic rings. The van der Waals surface area contributed by atoms with E-state index in [1.54, 1.807) is 19.1 Å². The number of carboxylic acid groups (broad SMARTS) is 1. The lowest BCUT2D eigenvalue weighted by molar-refractivity contribution is -0.118. The molecule has 0 unspecified atom stereocenters. The summed E-state index contributed by atoms with van der Waals surface area (Å²) in [4.78, 5) is 21.3. The Labute approximate surface area is 92.8 Å². The normalized spacial score (nSPS) is 9.81. The molecule has 0 atom stereocenters. The summed E-state index contributed by atoms with van der Waals surface area (Å²) in [6, 6.07) is 4.75. The van der Waals surface area contributed by atoms with Gasteiger partial charge in [0.05, 0.1) is 18.6 Å². The second-order valence-electron chi connectivity index (χ2n) is 3.30. The summed E-state index contributed by atoms with van der Waals surface area (Å²) in [5.74, 6) is -0.994. The molecule has 5 nitrogen and oxygen atoms in total. The van der Waals surface area contributed by atoms with E-state index in [0.29, 0.717) is 11.3 Å². The van der Waals surface area contributed by atoms with Gasteiger partial charge in [0, 0.05) is 5.56 Å². The van der Waals surface area contributed by atoms with Crippen molar-refractivity contribution in [3.05, 3.63) is 29.3 Å². The molecule has 3 N–H and O–H groups in total. The Morgan fingerprint density at radius 1 is 1.44 bits per heavy atom. The minimum atomic E-state index is -1.00. The van der Waals surface area contributed by atoms with Crippen molar-refractivity contribution in [2.24, 2.45) is 5.73 Å². The van der Waals surface area contributed by atoms with E-state index in [2.05, 4.69) is 0 Å². The van der Waals surface area contributed by atoms with Crippen molar-refractivity contribution in [2.45, 2.75) is 13.3 Å². The van der Waals surface area contributed by atoms with Gasteiger partial charge in [-0.2, -0.15) is 0 Å². The smallest absolute Gasteiger partial charge is 0.336 e. The lowest BCUT2D eigenvalue weighted by Gasteiger charge is -2.09. The Hall–Kier alpha value is -2.04. The number of carbonyl (C=O) groups excluding carboxylic acids is 1. The first-order chi connectivity index (χ1) is 7.52. The molecule has 0 heterocycles. The Morgan fingerprint density at radius 3 is 2.69 bits per heavy atom. The number of aromatic carboxylic acids is 1. The average Bonchev–Trinajstić information content (AvgIpc) is 2.19. The van der Waals surface area contributed by atoms with E-state index in [-0.39, 0.29) is 18.6 Å². The SMILES string of the molecule is Cc1c(OCCC(N)=O)cccc1C(=O)O. The fourth-order valence-corrected chi connectivity index (χ4v) is 1.26. The minimum absolute atomic E-state index is 0.108. The fraction of sp³-hybridized carbons (Fsp3) is 0.273. The number of primary amides is 1. The molecule has 1 rings (SSSR count). The molecule has 5 heteroatoms. The maximum absolute atomic E-state index is 10.8. The fourth-order valence-electron chi connectivity index (χ4n) is 1.26. The first kappa shape index (κ1) is 12.0. The molecule has 86 valence electrons. The molecule has 16 heavy (non-hydrogen) atoms. The van der Waals surface area contributed by atoms with Crippen molar-refractivity contribution in [3.63, 3.8) is 0 Å². The minimum Gasteiger partial charge on any atom is -0.493 e. The summed E-state index contributed by atoms with van der Waals surface area (Å²) in [7, 11) is 0. The molecule has 0 fully saturated rings. The van der Waals surface area contributed by atoms with Crippen molar-refractivity contribution in [2.75, 3.05) is 6.61 Å². The van der Waals surface area contributed by atoms with Gasteiger partial charge in [-0.25, -0.2) is 4.79 Å². The molecule has 0 saturated carbocycles. The second kappa shape index (κ2) is 5.16. The zero-order valence-electron chi connectivity index (χ0n) is 8.90. The first-order valence-corrected chi connectivity index (χ1v) is 4.76. The lowest BCUT2D eigenvalue weighted by atomic mass is 10.1. The highest BCUT2D eigenvalue weighted by Crippen LogP contribution is 2.21. The summed E-state index contributed by atoms with van der Waals surface area (Å²) in [6.07, 6.45) is 0.108. The highest BCUT2D eigenvalue weighted by Gasteiger charge is 2.10. The van der Waals surface area contributed by atoms with E-state index in [1.165, 1.54) is 6.07 Å². The van der Waals surface area contributed by atoms with Crippen LogP contribution in [-0.4, -0.2) is 23.6 Å². The summed E-state index contributed by atoms with van der Waals surface area (Å²) in [6.45, 7) is 1.81. The highest BCUT2D eigenvalue weighted by atomic mass is 16.5. The topological polar surface area (TPSA) is 89.6 Å². The molecule has 0 aliphatic heterocycles. The van der Waals surface area contributed by atoms with Crippen molar-refractivity contribution < 1.29 is 19.4 Å². The van der Waals surface area contributed by atoms with Crippen LogP contribution in [0, 0.1) is 6.92 Å². The van der Waals surface area contributed by atoms with Gasteiger partial charge in [-0.3, -0.25) is 4.79 Å². The van der Waals surface area contributed by atoms with Crippen LogP contribution in [0.5, 0.6) is 5.75 Å². The van der Waals surface area contributed by atoms with E-state index in [9.17, 15) is 9.59 Å². The van der Waals surface area contributed by atoms with E-state index in [0.717, 1.165) is 0 Å². The number of benzene rings is 1. The van der Waals surface area contributed by atoms with Crippen LogP contribution in [0.3, 0.4) is 0 Å². The summed E-state index contributed by atoms with van der Waals surface area (Å²) in [5, 5.41) is 8.87. The van der Waals surface area contributed by atoms with Crippen LogP contribution in [-0.2, 0) is 4.79 Å². The number of carboxylic acids is 1. The van der Waals surface area contributed by atoms with Gasteiger partial charge in [-0.05, 0) is 19.1 Å². The molecular formula is C11H13NO4. The number of nitrogens with two attached hydrogens (primary N) is 1. The van der Waals surface area contributed by atoms with Gasteiger partial charge >= 0.3 is 5.97 Å². The van der Waals surface area contributed by atoms with Crippen LogP contribution in [0.2, 0.25) is 0 Å². The van der Waals surface area contributed by atoms with Gasteiger partial charge in [0.2, 0.25) is 5.91 Å². The second-order valence-corrected chi connectivity index (χ2v) is 3.30. The first-order valence-electron chi connectivity index (χ1n) is 4.76. The Morgan fingerprint density at radius 2 is 2.12 bits per heavy atom. The number of carbonyl (C=O) groups is 2. The van der Waals surface area contributed by atoms with E-state index in [4.69, 9.17) is 15.6 Å². The maximum atomic E-state index is 10.8. The molecule has 0 spiro atoms. The number of amides is 1. The highest BCUT2D eigenvalue weighted by molar-refractivity contribution is 5.90. The summed E-state index contributed by atoms with van der Waals surface area (Å²) >= 11 is 0. The van der Waals surface area contributed by atoms with Gasteiger partial charge in [0.25, 0.3) is 0 Å². The summed E-state index contributed by atoms with van der Waals surface area (Å²) < 4.78 is 5.27. The standard InChI is InChI=1S/C11H13NO4/c1-7-8(11(14)15)3-2-4-9(7)16-6-5-10(12)13/h2-4H,5-6H2,1H3,(H2,12,13)(H,14,15). The largest absolute Gasteiger partial charge is 0.493 e. The average molecular weight is 223 g/mol.